The Kier molecular flexibility index (Phi) is 2.06. The van der Waals surface area contributed by atoms with E-state index in [0.717, 1.165) is 12.8 Å². The number of rotatable bonds is 2. The van der Waals surface area contributed by atoms with E-state index in [-0.39, 0.29) is 12.2 Å². The quantitative estimate of drug-likeness (QED) is 0.605. The van der Waals surface area contributed by atoms with Crippen LogP contribution in [0.3, 0.4) is 0 Å². The zero-order valence-corrected chi connectivity index (χ0v) is 5.70. The van der Waals surface area contributed by atoms with E-state index in [9.17, 15) is 4.39 Å². The minimum absolute atomic E-state index is 0.130. The Hall–Kier alpha value is -0.110. The van der Waals surface area contributed by atoms with Crippen molar-refractivity contribution >= 4 is 0 Å². The molecule has 0 heterocycles. The van der Waals surface area contributed by atoms with Crippen molar-refractivity contribution < 1.29 is 4.39 Å². The van der Waals surface area contributed by atoms with Gasteiger partial charge in [-0.25, -0.2) is 0 Å². The molecule has 0 aromatic heterocycles. The van der Waals surface area contributed by atoms with Crippen LogP contribution in [0, 0.1) is 0 Å². The van der Waals surface area contributed by atoms with E-state index < -0.39 is 0 Å². The standard InChI is InChI=1S/C7H14FN/c8-6-5-7(9)3-1-2-4-7/h1-6,9H2. The summed E-state index contributed by atoms with van der Waals surface area (Å²) in [5, 5.41) is 0. The molecule has 0 bridgehead atoms. The molecule has 0 atom stereocenters. The fourth-order valence-corrected chi connectivity index (χ4v) is 1.52. The van der Waals surface area contributed by atoms with Crippen LogP contribution in [0.5, 0.6) is 0 Å². The van der Waals surface area contributed by atoms with Crippen molar-refractivity contribution in [3.05, 3.63) is 0 Å². The SMILES string of the molecule is NC1(CCF)CCCC1. The zero-order valence-electron chi connectivity index (χ0n) is 5.70. The average molecular weight is 131 g/mol. The summed E-state index contributed by atoms with van der Waals surface area (Å²) in [5.74, 6) is 0. The molecule has 1 fully saturated rings. The molecule has 0 aromatic rings. The topological polar surface area (TPSA) is 26.0 Å². The minimum atomic E-state index is -0.253. The van der Waals surface area contributed by atoms with Crippen molar-refractivity contribution in [3.63, 3.8) is 0 Å². The average Bonchev–Trinajstić information content (AvgIpc) is 2.16. The molecule has 0 amide bonds. The third-order valence-corrected chi connectivity index (χ3v) is 2.19. The van der Waals surface area contributed by atoms with Crippen LogP contribution in [0.25, 0.3) is 0 Å². The maximum Gasteiger partial charge on any atom is 0.0911 e. The van der Waals surface area contributed by atoms with Gasteiger partial charge in [0, 0.05) is 5.54 Å². The fraction of sp³-hybridized carbons (Fsp3) is 1.00. The minimum Gasteiger partial charge on any atom is -0.325 e. The van der Waals surface area contributed by atoms with Crippen LogP contribution in [0.1, 0.15) is 32.1 Å². The summed E-state index contributed by atoms with van der Waals surface area (Å²) in [6.07, 6.45) is 4.99. The highest BCUT2D eigenvalue weighted by Gasteiger charge is 2.28. The van der Waals surface area contributed by atoms with Crippen molar-refractivity contribution in [1.29, 1.82) is 0 Å². The van der Waals surface area contributed by atoms with Gasteiger partial charge in [0.15, 0.2) is 0 Å². The smallest absolute Gasteiger partial charge is 0.0911 e. The summed E-state index contributed by atoms with van der Waals surface area (Å²) in [6.45, 7) is -0.253. The van der Waals surface area contributed by atoms with Gasteiger partial charge < -0.3 is 5.73 Å². The van der Waals surface area contributed by atoms with Crippen LogP contribution in [0.15, 0.2) is 0 Å². The van der Waals surface area contributed by atoms with Crippen LogP contribution >= 0.6 is 0 Å². The summed E-state index contributed by atoms with van der Waals surface area (Å²) < 4.78 is 11.8. The number of nitrogens with two attached hydrogens (primary N) is 1. The number of halogens is 1. The highest BCUT2D eigenvalue weighted by atomic mass is 19.1. The lowest BCUT2D eigenvalue weighted by atomic mass is 9.96. The summed E-state index contributed by atoms with van der Waals surface area (Å²) in [6, 6.07) is 0. The maximum absolute atomic E-state index is 11.8. The van der Waals surface area contributed by atoms with Crippen molar-refractivity contribution in [2.75, 3.05) is 6.67 Å². The van der Waals surface area contributed by atoms with E-state index in [0.29, 0.717) is 6.42 Å². The van der Waals surface area contributed by atoms with Crippen LogP contribution in [-0.2, 0) is 0 Å². The van der Waals surface area contributed by atoms with Crippen molar-refractivity contribution in [2.24, 2.45) is 5.73 Å². The largest absolute Gasteiger partial charge is 0.325 e. The molecule has 0 aromatic carbocycles. The van der Waals surface area contributed by atoms with Gasteiger partial charge in [0.05, 0.1) is 6.67 Å². The molecular weight excluding hydrogens is 117 g/mol. The number of hydrogen-bond acceptors (Lipinski definition) is 1. The van der Waals surface area contributed by atoms with Crippen molar-refractivity contribution in [3.8, 4) is 0 Å². The van der Waals surface area contributed by atoms with Crippen LogP contribution < -0.4 is 5.73 Å². The Balaban J connectivity index is 2.32. The third-order valence-electron chi connectivity index (χ3n) is 2.19. The van der Waals surface area contributed by atoms with Gasteiger partial charge >= 0.3 is 0 Å². The van der Waals surface area contributed by atoms with Gasteiger partial charge in [0.1, 0.15) is 0 Å². The molecule has 1 aliphatic carbocycles. The van der Waals surface area contributed by atoms with Crippen molar-refractivity contribution in [1.82, 2.24) is 0 Å². The lowest BCUT2D eigenvalue weighted by Crippen LogP contribution is -2.36. The van der Waals surface area contributed by atoms with E-state index in [1.54, 1.807) is 0 Å². The second-order valence-electron chi connectivity index (χ2n) is 3.01. The predicted molar refractivity (Wildman–Crippen MR) is 36.0 cm³/mol. The first-order valence-corrected chi connectivity index (χ1v) is 3.62. The molecule has 54 valence electrons. The molecule has 2 N–H and O–H groups in total. The zero-order chi connectivity index (χ0) is 6.74. The molecule has 1 aliphatic rings. The van der Waals surface area contributed by atoms with E-state index in [2.05, 4.69) is 0 Å². The molecule has 0 aliphatic heterocycles. The molecule has 0 saturated heterocycles. The normalized spacial score (nSPS) is 24.7. The van der Waals surface area contributed by atoms with Gasteiger partial charge in [0.25, 0.3) is 0 Å². The van der Waals surface area contributed by atoms with E-state index in [4.69, 9.17) is 5.73 Å². The summed E-state index contributed by atoms with van der Waals surface area (Å²) >= 11 is 0. The molecule has 0 radical (unpaired) electrons. The fourth-order valence-electron chi connectivity index (χ4n) is 1.52. The summed E-state index contributed by atoms with van der Waals surface area (Å²) in [7, 11) is 0. The lowest BCUT2D eigenvalue weighted by molar-refractivity contribution is 0.340. The van der Waals surface area contributed by atoms with Gasteiger partial charge in [-0.05, 0) is 19.3 Å². The third kappa shape index (κ3) is 1.65. The van der Waals surface area contributed by atoms with Gasteiger partial charge in [-0.3, -0.25) is 4.39 Å². The molecule has 1 saturated carbocycles. The highest BCUT2D eigenvalue weighted by molar-refractivity contribution is 4.88. The first-order chi connectivity index (χ1) is 4.27. The monoisotopic (exact) mass is 131 g/mol. The lowest BCUT2D eigenvalue weighted by Gasteiger charge is -2.20. The Bertz CT molecular complexity index is 86.9. The van der Waals surface area contributed by atoms with Crippen LogP contribution in [0.2, 0.25) is 0 Å². The highest BCUT2D eigenvalue weighted by Crippen LogP contribution is 2.29. The Labute approximate surface area is 55.4 Å². The van der Waals surface area contributed by atoms with Gasteiger partial charge in [0.2, 0.25) is 0 Å². The Morgan fingerprint density at radius 3 is 2.33 bits per heavy atom. The van der Waals surface area contributed by atoms with E-state index in [1.807, 2.05) is 0 Å². The van der Waals surface area contributed by atoms with E-state index in [1.165, 1.54) is 12.8 Å². The first kappa shape index (κ1) is 7.00. The summed E-state index contributed by atoms with van der Waals surface area (Å²) in [4.78, 5) is 0. The van der Waals surface area contributed by atoms with Crippen molar-refractivity contribution in [2.45, 2.75) is 37.6 Å². The van der Waals surface area contributed by atoms with Gasteiger partial charge in [-0.15, -0.1) is 0 Å². The number of alkyl halides is 1. The molecule has 2 heteroatoms. The van der Waals surface area contributed by atoms with Gasteiger partial charge in [-0.2, -0.15) is 0 Å². The molecule has 1 nitrogen and oxygen atoms in total. The first-order valence-electron chi connectivity index (χ1n) is 3.62. The second-order valence-corrected chi connectivity index (χ2v) is 3.01. The second kappa shape index (κ2) is 2.65. The Morgan fingerprint density at radius 1 is 1.33 bits per heavy atom. The maximum atomic E-state index is 11.8. The molecule has 0 unspecified atom stereocenters. The molecule has 0 spiro atoms. The molecular formula is C7H14FN. The Morgan fingerprint density at radius 2 is 1.89 bits per heavy atom. The number of hydrogen-bond donors (Lipinski definition) is 1. The van der Waals surface area contributed by atoms with Gasteiger partial charge in [-0.1, -0.05) is 12.8 Å². The summed E-state index contributed by atoms with van der Waals surface area (Å²) in [5.41, 5.74) is 5.70. The van der Waals surface area contributed by atoms with Crippen LogP contribution in [0.4, 0.5) is 4.39 Å². The van der Waals surface area contributed by atoms with E-state index >= 15 is 0 Å². The molecule has 1 rings (SSSR count). The molecule has 9 heavy (non-hydrogen) atoms. The van der Waals surface area contributed by atoms with Crippen LogP contribution in [-0.4, -0.2) is 12.2 Å². The predicted octanol–water partition coefficient (Wildman–Crippen LogP) is 1.62.